The van der Waals surface area contributed by atoms with E-state index >= 15 is 0 Å². The second kappa shape index (κ2) is 5.01. The minimum Gasteiger partial charge on any atom is -0.327 e. The summed E-state index contributed by atoms with van der Waals surface area (Å²) in [6, 6.07) is 0. The molecule has 0 aliphatic heterocycles. The van der Waals surface area contributed by atoms with Gasteiger partial charge in [-0.3, -0.25) is 4.72 Å². The van der Waals surface area contributed by atoms with E-state index < -0.39 is 10.5 Å². The Labute approximate surface area is 72.4 Å². The molecule has 3 heteroatoms. The Bertz CT molecular complexity index is 104. The molecule has 0 bridgehead atoms. The van der Waals surface area contributed by atoms with Crippen LogP contribution in [0.3, 0.4) is 0 Å². The second-order valence-electron chi connectivity index (χ2n) is 3.48. The van der Waals surface area contributed by atoms with Crippen molar-refractivity contribution >= 4 is 10.5 Å². The van der Waals surface area contributed by atoms with Gasteiger partial charge in [0.15, 0.2) is 0 Å². The van der Waals surface area contributed by atoms with Crippen LogP contribution in [-0.4, -0.2) is 26.2 Å². The highest BCUT2D eigenvalue weighted by Crippen LogP contribution is 2.34. The predicted molar refractivity (Wildman–Crippen MR) is 53.9 cm³/mol. The lowest BCUT2D eigenvalue weighted by Gasteiger charge is -2.30. The summed E-state index contributed by atoms with van der Waals surface area (Å²) in [5, 5.41) is 0. The maximum absolute atomic E-state index is 5.29. The molecule has 0 spiro atoms. The Kier molecular flexibility index (Phi) is 5.13. The zero-order valence-corrected chi connectivity index (χ0v) is 9.12. The number of hydrogen-bond acceptors (Lipinski definition) is 2. The van der Waals surface area contributed by atoms with Crippen LogP contribution in [0.4, 0.5) is 0 Å². The fraction of sp³-hybridized carbons (Fsp3) is 1.00. The molecule has 0 atom stereocenters. The molecule has 0 saturated heterocycles. The highest BCUT2D eigenvalue weighted by Gasteiger charge is 2.07. The van der Waals surface area contributed by atoms with E-state index in [0.717, 1.165) is 12.5 Å². The number of nitrogens with one attached hydrogen (secondary N) is 1. The van der Waals surface area contributed by atoms with Gasteiger partial charge in [-0.05, 0) is 24.9 Å². The van der Waals surface area contributed by atoms with Gasteiger partial charge in [0, 0.05) is 13.7 Å². The molecule has 0 aromatic heterocycles. The SMILES string of the molecule is COS(C)(C)NCCC(C)C. The normalized spacial score (nSPS) is 14.0. The second-order valence-corrected chi connectivity index (χ2v) is 6.57. The van der Waals surface area contributed by atoms with Crippen molar-refractivity contribution < 1.29 is 4.18 Å². The van der Waals surface area contributed by atoms with E-state index in [-0.39, 0.29) is 0 Å². The molecule has 0 radical (unpaired) electrons. The quantitative estimate of drug-likeness (QED) is 0.698. The van der Waals surface area contributed by atoms with E-state index in [1.165, 1.54) is 6.42 Å². The molecule has 0 fully saturated rings. The lowest BCUT2D eigenvalue weighted by Crippen LogP contribution is -2.21. The molecule has 0 aromatic rings. The van der Waals surface area contributed by atoms with E-state index in [4.69, 9.17) is 4.18 Å². The van der Waals surface area contributed by atoms with Gasteiger partial charge in [-0.1, -0.05) is 24.3 Å². The van der Waals surface area contributed by atoms with Crippen molar-refractivity contribution in [3.8, 4) is 0 Å². The topological polar surface area (TPSA) is 21.3 Å². The minimum atomic E-state index is -0.965. The smallest absolute Gasteiger partial charge is 0.0497 e. The summed E-state index contributed by atoms with van der Waals surface area (Å²) in [7, 11) is 0.796. The van der Waals surface area contributed by atoms with Crippen molar-refractivity contribution in [1.82, 2.24) is 4.72 Å². The highest BCUT2D eigenvalue weighted by molar-refractivity contribution is 8.27. The molecule has 0 amide bonds. The summed E-state index contributed by atoms with van der Waals surface area (Å²) in [6.45, 7) is 5.53. The molecule has 11 heavy (non-hydrogen) atoms. The van der Waals surface area contributed by atoms with E-state index in [1.54, 1.807) is 7.11 Å². The van der Waals surface area contributed by atoms with Crippen molar-refractivity contribution in [1.29, 1.82) is 0 Å². The summed E-state index contributed by atoms with van der Waals surface area (Å²) in [4.78, 5) is 0. The van der Waals surface area contributed by atoms with Crippen molar-refractivity contribution in [2.45, 2.75) is 20.3 Å². The standard InChI is InChI=1S/C8H21NOS/c1-8(2)6-7-9-11(4,5)10-3/h8-9H,6-7H2,1-5H3. The molecule has 0 aromatic carbocycles. The van der Waals surface area contributed by atoms with Crippen molar-refractivity contribution in [2.24, 2.45) is 5.92 Å². The van der Waals surface area contributed by atoms with Gasteiger partial charge in [0.25, 0.3) is 0 Å². The fourth-order valence-electron chi connectivity index (χ4n) is 0.652. The van der Waals surface area contributed by atoms with Crippen LogP contribution < -0.4 is 4.72 Å². The van der Waals surface area contributed by atoms with Crippen LogP contribution in [0.1, 0.15) is 20.3 Å². The van der Waals surface area contributed by atoms with E-state index in [2.05, 4.69) is 31.1 Å². The first-order valence-corrected chi connectivity index (χ1v) is 6.39. The third kappa shape index (κ3) is 6.66. The summed E-state index contributed by atoms with van der Waals surface area (Å²) in [5.41, 5.74) is 0. The fourth-order valence-corrected chi connectivity index (χ4v) is 1.38. The number of hydrogen-bond donors (Lipinski definition) is 1. The van der Waals surface area contributed by atoms with Crippen LogP contribution >= 0.6 is 10.5 Å². The molecule has 70 valence electrons. The Morgan fingerprint density at radius 1 is 1.36 bits per heavy atom. The largest absolute Gasteiger partial charge is 0.327 e. The van der Waals surface area contributed by atoms with Crippen LogP contribution in [0.25, 0.3) is 0 Å². The molecule has 0 saturated carbocycles. The molecule has 0 aliphatic rings. The van der Waals surface area contributed by atoms with Gasteiger partial charge < -0.3 is 4.18 Å². The third-order valence-electron chi connectivity index (χ3n) is 1.59. The molecule has 2 nitrogen and oxygen atoms in total. The van der Waals surface area contributed by atoms with Crippen LogP contribution in [0.5, 0.6) is 0 Å². The highest BCUT2D eigenvalue weighted by atomic mass is 32.3. The Hall–Kier alpha value is 0.270. The molecule has 0 rings (SSSR count). The first-order chi connectivity index (χ1) is 4.98. The molecule has 1 N–H and O–H groups in total. The predicted octanol–water partition coefficient (Wildman–Crippen LogP) is 2.16. The van der Waals surface area contributed by atoms with Crippen LogP contribution in [0.15, 0.2) is 0 Å². The molecule has 0 aliphatic carbocycles. The van der Waals surface area contributed by atoms with Gasteiger partial charge >= 0.3 is 0 Å². The molecular formula is C8H21NOS. The van der Waals surface area contributed by atoms with E-state index in [0.29, 0.717) is 0 Å². The van der Waals surface area contributed by atoms with Gasteiger partial charge in [-0.2, -0.15) is 0 Å². The maximum Gasteiger partial charge on any atom is 0.0497 e. The Balaban J connectivity index is 3.38. The van der Waals surface area contributed by atoms with Gasteiger partial charge in [0.2, 0.25) is 0 Å². The summed E-state index contributed by atoms with van der Waals surface area (Å²) in [5.74, 6) is 0.773. The van der Waals surface area contributed by atoms with Crippen molar-refractivity contribution in [3.05, 3.63) is 0 Å². The zero-order valence-electron chi connectivity index (χ0n) is 8.31. The number of rotatable bonds is 5. The average Bonchev–Trinajstić information content (AvgIpc) is 1.87. The lowest BCUT2D eigenvalue weighted by molar-refractivity contribution is 0.459. The van der Waals surface area contributed by atoms with Gasteiger partial charge in [0.1, 0.15) is 0 Å². The third-order valence-corrected chi connectivity index (χ3v) is 3.32. The Morgan fingerprint density at radius 2 is 1.91 bits per heavy atom. The van der Waals surface area contributed by atoms with Crippen LogP contribution in [0.2, 0.25) is 0 Å². The maximum atomic E-state index is 5.29. The van der Waals surface area contributed by atoms with Crippen LogP contribution in [-0.2, 0) is 4.18 Å². The van der Waals surface area contributed by atoms with Gasteiger partial charge in [0.05, 0.1) is 0 Å². The summed E-state index contributed by atoms with van der Waals surface area (Å²) >= 11 is 0. The monoisotopic (exact) mass is 179 g/mol. The molecular weight excluding hydrogens is 158 g/mol. The lowest BCUT2D eigenvalue weighted by atomic mass is 10.1. The molecule has 0 unspecified atom stereocenters. The van der Waals surface area contributed by atoms with Crippen molar-refractivity contribution in [3.63, 3.8) is 0 Å². The van der Waals surface area contributed by atoms with Crippen molar-refractivity contribution in [2.75, 3.05) is 26.2 Å². The van der Waals surface area contributed by atoms with E-state index in [1.807, 2.05) is 0 Å². The van der Waals surface area contributed by atoms with Gasteiger partial charge in [-0.25, -0.2) is 0 Å². The first-order valence-electron chi connectivity index (χ1n) is 4.01. The Morgan fingerprint density at radius 3 is 2.27 bits per heavy atom. The molecule has 0 heterocycles. The van der Waals surface area contributed by atoms with Gasteiger partial charge in [-0.15, -0.1) is 0 Å². The summed E-state index contributed by atoms with van der Waals surface area (Å²) < 4.78 is 8.69. The average molecular weight is 179 g/mol. The summed E-state index contributed by atoms with van der Waals surface area (Å²) in [6.07, 6.45) is 5.46. The zero-order chi connectivity index (χ0) is 8.91. The first kappa shape index (κ1) is 11.3. The minimum absolute atomic E-state index is 0.773. The van der Waals surface area contributed by atoms with E-state index in [9.17, 15) is 0 Å². The van der Waals surface area contributed by atoms with Crippen LogP contribution in [0, 0.1) is 5.92 Å².